The fourth-order valence-electron chi connectivity index (χ4n) is 1.60. The first kappa shape index (κ1) is 14.9. The van der Waals surface area contributed by atoms with E-state index in [1.54, 1.807) is 0 Å². The minimum Gasteiger partial charge on any atom is -0.377 e. The van der Waals surface area contributed by atoms with E-state index < -0.39 is 0 Å². The fraction of sp³-hybridized carbons (Fsp3) is 1.00. The number of ether oxygens (including phenoxy) is 2. The van der Waals surface area contributed by atoms with Gasteiger partial charge in [0.25, 0.3) is 0 Å². The molecule has 0 aromatic heterocycles. The highest BCUT2D eigenvalue weighted by molar-refractivity contribution is 4.78. The van der Waals surface area contributed by atoms with E-state index in [9.17, 15) is 0 Å². The largest absolute Gasteiger partial charge is 0.377 e. The zero-order valence-corrected chi connectivity index (χ0v) is 11.0. The van der Waals surface area contributed by atoms with Crippen molar-refractivity contribution in [2.24, 2.45) is 5.92 Å². The van der Waals surface area contributed by atoms with E-state index in [-0.39, 0.29) is 18.2 Å². The Kier molecular flexibility index (Phi) is 8.02. The molecule has 1 N–H and O–H groups in total. The predicted octanol–water partition coefficient (Wildman–Crippen LogP) is 2.06. The molecule has 2 atom stereocenters. The van der Waals surface area contributed by atoms with Crippen LogP contribution >= 0.6 is 0 Å². The lowest BCUT2D eigenvalue weighted by molar-refractivity contribution is -0.0318. The average Bonchev–Trinajstić information content (AvgIpc) is 2.16. The molecule has 0 aliphatic heterocycles. The Morgan fingerprint density at radius 3 is 2.00 bits per heavy atom. The van der Waals surface area contributed by atoms with Crippen LogP contribution in [-0.4, -0.2) is 38.5 Å². The second kappa shape index (κ2) is 8.08. The molecule has 0 heterocycles. The average molecular weight is 217 g/mol. The molecule has 0 aromatic rings. The summed E-state index contributed by atoms with van der Waals surface area (Å²) >= 11 is 0. The lowest BCUT2D eigenvalue weighted by atomic mass is 10.00. The van der Waals surface area contributed by atoms with Crippen LogP contribution in [0.25, 0.3) is 0 Å². The Morgan fingerprint density at radius 2 is 1.67 bits per heavy atom. The first-order chi connectivity index (χ1) is 7.02. The number of likely N-dealkylation sites (N-methyl/N-ethyl adjacent to an activating group) is 1. The van der Waals surface area contributed by atoms with Gasteiger partial charge in [0.15, 0.2) is 0 Å². The van der Waals surface area contributed by atoms with Crippen molar-refractivity contribution in [2.45, 2.75) is 52.9 Å². The maximum Gasteiger partial charge on any atom is 0.0773 e. The maximum absolute atomic E-state index is 5.75. The monoisotopic (exact) mass is 217 g/mol. The number of hydrogen-bond donors (Lipinski definition) is 1. The van der Waals surface area contributed by atoms with Crippen molar-refractivity contribution in [2.75, 3.05) is 20.3 Å². The first-order valence-electron chi connectivity index (χ1n) is 5.93. The van der Waals surface area contributed by atoms with Crippen LogP contribution in [0, 0.1) is 5.92 Å². The highest BCUT2D eigenvalue weighted by atomic mass is 16.5. The third-order valence-electron chi connectivity index (χ3n) is 2.39. The molecule has 0 aromatic carbocycles. The molecule has 15 heavy (non-hydrogen) atoms. The van der Waals surface area contributed by atoms with E-state index in [2.05, 4.69) is 33.0 Å². The van der Waals surface area contributed by atoms with E-state index in [0.29, 0.717) is 12.5 Å². The summed E-state index contributed by atoms with van der Waals surface area (Å²) in [4.78, 5) is 0. The summed E-state index contributed by atoms with van der Waals surface area (Å²) in [5, 5.41) is 3.27. The van der Waals surface area contributed by atoms with Gasteiger partial charge in [-0.05, 0) is 33.7 Å². The molecule has 0 saturated heterocycles. The topological polar surface area (TPSA) is 30.5 Å². The SMILES string of the molecule is CCOC(C(C)C)C(COC(C)C)NC. The van der Waals surface area contributed by atoms with Gasteiger partial charge >= 0.3 is 0 Å². The molecule has 92 valence electrons. The van der Waals surface area contributed by atoms with Gasteiger partial charge in [0.2, 0.25) is 0 Å². The van der Waals surface area contributed by atoms with E-state index in [4.69, 9.17) is 9.47 Å². The maximum atomic E-state index is 5.75. The van der Waals surface area contributed by atoms with Gasteiger partial charge in [-0.3, -0.25) is 0 Å². The highest BCUT2D eigenvalue weighted by Gasteiger charge is 2.24. The zero-order chi connectivity index (χ0) is 11.8. The van der Waals surface area contributed by atoms with E-state index in [0.717, 1.165) is 6.61 Å². The van der Waals surface area contributed by atoms with Crippen molar-refractivity contribution >= 4 is 0 Å². The summed E-state index contributed by atoms with van der Waals surface area (Å²) in [6.45, 7) is 12.0. The second-order valence-corrected chi connectivity index (χ2v) is 4.44. The molecule has 0 bridgehead atoms. The van der Waals surface area contributed by atoms with Crippen molar-refractivity contribution in [3.8, 4) is 0 Å². The molecule has 0 aliphatic carbocycles. The minimum atomic E-state index is 0.221. The van der Waals surface area contributed by atoms with E-state index in [1.165, 1.54) is 0 Å². The third kappa shape index (κ3) is 6.13. The number of nitrogens with one attached hydrogen (secondary N) is 1. The van der Waals surface area contributed by atoms with E-state index in [1.807, 2.05) is 14.0 Å². The summed E-state index contributed by atoms with van der Waals surface area (Å²) in [5.41, 5.74) is 0. The number of rotatable bonds is 8. The summed E-state index contributed by atoms with van der Waals surface area (Å²) < 4.78 is 11.4. The molecular weight excluding hydrogens is 190 g/mol. The van der Waals surface area contributed by atoms with Crippen LogP contribution in [0.3, 0.4) is 0 Å². The molecular formula is C12H27NO2. The zero-order valence-electron chi connectivity index (χ0n) is 11.0. The Morgan fingerprint density at radius 1 is 1.07 bits per heavy atom. The van der Waals surface area contributed by atoms with Crippen LogP contribution in [0.2, 0.25) is 0 Å². The Bertz CT molecular complexity index is 149. The predicted molar refractivity (Wildman–Crippen MR) is 64.2 cm³/mol. The molecule has 0 saturated carbocycles. The van der Waals surface area contributed by atoms with Crippen molar-refractivity contribution in [3.05, 3.63) is 0 Å². The summed E-state index contributed by atoms with van der Waals surface area (Å²) in [7, 11) is 1.96. The fourth-order valence-corrected chi connectivity index (χ4v) is 1.60. The lowest BCUT2D eigenvalue weighted by Crippen LogP contribution is -2.46. The standard InChI is InChI=1S/C12H27NO2/c1-7-14-12(9(2)3)11(13-6)8-15-10(4)5/h9-13H,7-8H2,1-6H3. The van der Waals surface area contributed by atoms with Gasteiger partial charge < -0.3 is 14.8 Å². The van der Waals surface area contributed by atoms with Gasteiger partial charge in [-0.2, -0.15) is 0 Å². The van der Waals surface area contributed by atoms with Crippen molar-refractivity contribution in [1.82, 2.24) is 5.32 Å². The van der Waals surface area contributed by atoms with Crippen LogP contribution < -0.4 is 5.32 Å². The lowest BCUT2D eigenvalue weighted by Gasteiger charge is -2.30. The van der Waals surface area contributed by atoms with Crippen molar-refractivity contribution in [3.63, 3.8) is 0 Å². The molecule has 0 radical (unpaired) electrons. The smallest absolute Gasteiger partial charge is 0.0773 e. The van der Waals surface area contributed by atoms with Gasteiger partial charge in [-0.1, -0.05) is 13.8 Å². The van der Waals surface area contributed by atoms with Crippen LogP contribution in [0.15, 0.2) is 0 Å². The normalized spacial score (nSPS) is 16.0. The van der Waals surface area contributed by atoms with E-state index >= 15 is 0 Å². The Labute approximate surface area is 94.5 Å². The van der Waals surface area contributed by atoms with Crippen molar-refractivity contribution < 1.29 is 9.47 Å². The molecule has 3 nitrogen and oxygen atoms in total. The first-order valence-corrected chi connectivity index (χ1v) is 5.93. The Balaban J connectivity index is 4.18. The quantitative estimate of drug-likeness (QED) is 0.675. The van der Waals surface area contributed by atoms with Gasteiger partial charge in [0, 0.05) is 6.61 Å². The molecule has 2 unspecified atom stereocenters. The molecule has 3 heteroatoms. The molecule has 0 spiro atoms. The number of hydrogen-bond acceptors (Lipinski definition) is 3. The van der Waals surface area contributed by atoms with Gasteiger partial charge in [0.1, 0.15) is 0 Å². The van der Waals surface area contributed by atoms with Crippen LogP contribution in [0.4, 0.5) is 0 Å². The van der Waals surface area contributed by atoms with Gasteiger partial charge in [-0.25, -0.2) is 0 Å². The van der Waals surface area contributed by atoms with Crippen LogP contribution in [0.5, 0.6) is 0 Å². The van der Waals surface area contributed by atoms with Gasteiger partial charge in [0.05, 0.1) is 24.9 Å². The molecule has 0 aliphatic rings. The molecule has 0 rings (SSSR count). The van der Waals surface area contributed by atoms with Crippen molar-refractivity contribution in [1.29, 1.82) is 0 Å². The summed E-state index contributed by atoms with van der Waals surface area (Å²) in [6.07, 6.45) is 0.494. The molecule has 0 amide bonds. The van der Waals surface area contributed by atoms with Crippen LogP contribution in [0.1, 0.15) is 34.6 Å². The third-order valence-corrected chi connectivity index (χ3v) is 2.39. The second-order valence-electron chi connectivity index (χ2n) is 4.44. The summed E-state index contributed by atoms with van der Waals surface area (Å²) in [6, 6.07) is 0.271. The van der Waals surface area contributed by atoms with Crippen LogP contribution in [-0.2, 0) is 9.47 Å². The Hall–Kier alpha value is -0.120. The van der Waals surface area contributed by atoms with Gasteiger partial charge in [-0.15, -0.1) is 0 Å². The molecule has 0 fully saturated rings. The minimum absolute atomic E-state index is 0.221. The summed E-state index contributed by atoms with van der Waals surface area (Å²) in [5.74, 6) is 0.498. The highest BCUT2D eigenvalue weighted by Crippen LogP contribution is 2.12.